The summed E-state index contributed by atoms with van der Waals surface area (Å²) >= 11 is 1.18. The Morgan fingerprint density at radius 1 is 1.12 bits per heavy atom. The second kappa shape index (κ2) is 8.53. The van der Waals surface area contributed by atoms with Gasteiger partial charge in [0.25, 0.3) is 5.56 Å². The first-order chi connectivity index (χ1) is 16.4. The zero-order chi connectivity index (χ0) is 24.0. The molecule has 5 aromatic rings. The number of benzene rings is 2. The fourth-order valence-electron chi connectivity index (χ4n) is 4.42. The van der Waals surface area contributed by atoms with Gasteiger partial charge in [-0.2, -0.15) is 9.78 Å². The summed E-state index contributed by atoms with van der Waals surface area (Å²) in [5, 5.41) is 7.20. The first-order valence-corrected chi connectivity index (χ1v) is 12.0. The van der Waals surface area contributed by atoms with Crippen LogP contribution in [0.5, 0.6) is 0 Å². The molecular weight excluding hydrogens is 448 g/mol. The van der Waals surface area contributed by atoms with Crippen molar-refractivity contribution in [3.63, 3.8) is 0 Å². The standard InChI is InChI=1S/C26H24N4O3S/c1-5-29-20-10-8-7-9-18(20)19-13-17(11-12-21(19)29)14-27-30-16(4)28-24-22(25(30)31)15(3)23(34-24)26(32)33-6-2/h7-14H,5-6H2,1-4H3/b27-14-. The summed E-state index contributed by atoms with van der Waals surface area (Å²) in [6, 6.07) is 14.5. The lowest BCUT2D eigenvalue weighted by molar-refractivity contribution is 0.0531. The van der Waals surface area contributed by atoms with Crippen molar-refractivity contribution in [2.45, 2.75) is 34.2 Å². The fraction of sp³-hybridized carbons (Fsp3) is 0.231. The van der Waals surface area contributed by atoms with E-state index < -0.39 is 5.97 Å². The Morgan fingerprint density at radius 3 is 2.65 bits per heavy atom. The van der Waals surface area contributed by atoms with Gasteiger partial charge >= 0.3 is 5.97 Å². The molecule has 0 unspecified atom stereocenters. The number of esters is 1. The minimum Gasteiger partial charge on any atom is -0.462 e. The molecule has 0 saturated heterocycles. The number of rotatable bonds is 5. The molecular formula is C26H24N4O3S. The average molecular weight is 473 g/mol. The van der Waals surface area contributed by atoms with E-state index in [1.165, 1.54) is 26.9 Å². The molecule has 0 radical (unpaired) electrons. The van der Waals surface area contributed by atoms with Crippen LogP contribution >= 0.6 is 11.3 Å². The van der Waals surface area contributed by atoms with Gasteiger partial charge in [0.05, 0.1) is 18.2 Å². The third-order valence-corrected chi connectivity index (χ3v) is 7.17. The molecule has 0 aliphatic heterocycles. The highest BCUT2D eigenvalue weighted by molar-refractivity contribution is 7.20. The molecule has 7 nitrogen and oxygen atoms in total. The topological polar surface area (TPSA) is 78.5 Å². The molecule has 0 atom stereocenters. The first kappa shape index (κ1) is 22.0. The van der Waals surface area contributed by atoms with Crippen molar-refractivity contribution in [3.05, 3.63) is 74.6 Å². The van der Waals surface area contributed by atoms with E-state index in [0.717, 1.165) is 23.0 Å². The van der Waals surface area contributed by atoms with E-state index in [9.17, 15) is 9.59 Å². The number of aromatic nitrogens is 3. The molecule has 0 amide bonds. The monoisotopic (exact) mass is 472 g/mol. The Bertz CT molecular complexity index is 1670. The second-order valence-corrected chi connectivity index (χ2v) is 9.01. The number of carbonyl (C=O) groups is 1. The molecule has 5 rings (SSSR count). The van der Waals surface area contributed by atoms with E-state index in [2.05, 4.69) is 45.8 Å². The number of hydrogen-bond acceptors (Lipinski definition) is 6. The molecule has 0 aliphatic carbocycles. The summed E-state index contributed by atoms with van der Waals surface area (Å²) in [6.45, 7) is 8.52. The van der Waals surface area contributed by atoms with Crippen molar-refractivity contribution >= 4 is 55.5 Å². The lowest BCUT2D eigenvalue weighted by Gasteiger charge is -2.04. The van der Waals surface area contributed by atoms with Crippen molar-refractivity contribution in [3.8, 4) is 0 Å². The third kappa shape index (κ3) is 3.42. The summed E-state index contributed by atoms with van der Waals surface area (Å²) < 4.78 is 8.70. The minimum atomic E-state index is -0.436. The van der Waals surface area contributed by atoms with Crippen molar-refractivity contribution < 1.29 is 9.53 Å². The Kier molecular flexibility index (Phi) is 5.53. The van der Waals surface area contributed by atoms with E-state index in [1.807, 2.05) is 18.2 Å². The van der Waals surface area contributed by atoms with Gasteiger partial charge in [-0.05, 0) is 57.0 Å². The van der Waals surface area contributed by atoms with E-state index in [1.54, 1.807) is 27.0 Å². The van der Waals surface area contributed by atoms with Gasteiger partial charge < -0.3 is 9.30 Å². The zero-order valence-electron chi connectivity index (χ0n) is 19.5. The molecule has 2 aromatic carbocycles. The molecule has 34 heavy (non-hydrogen) atoms. The van der Waals surface area contributed by atoms with E-state index in [4.69, 9.17) is 4.74 Å². The van der Waals surface area contributed by atoms with Crippen molar-refractivity contribution in [1.29, 1.82) is 0 Å². The molecule has 0 aliphatic rings. The van der Waals surface area contributed by atoms with Crippen molar-refractivity contribution in [2.24, 2.45) is 5.10 Å². The Morgan fingerprint density at radius 2 is 1.88 bits per heavy atom. The lowest BCUT2D eigenvalue weighted by atomic mass is 10.1. The molecule has 3 heterocycles. The summed E-state index contributed by atoms with van der Waals surface area (Å²) in [5.41, 5.74) is 3.52. The van der Waals surface area contributed by atoms with Gasteiger partial charge in [0, 0.05) is 28.4 Å². The number of carbonyl (C=O) groups excluding carboxylic acids is 1. The maximum atomic E-state index is 13.3. The Hall–Kier alpha value is -3.78. The normalized spacial score (nSPS) is 11.9. The van der Waals surface area contributed by atoms with Gasteiger partial charge in [0.15, 0.2) is 0 Å². The van der Waals surface area contributed by atoms with Crippen LogP contribution in [-0.2, 0) is 11.3 Å². The quantitative estimate of drug-likeness (QED) is 0.258. The number of ether oxygens (including phenoxy) is 1. The first-order valence-electron chi connectivity index (χ1n) is 11.2. The number of para-hydroxylation sites is 1. The summed E-state index contributed by atoms with van der Waals surface area (Å²) in [5.74, 6) is 0.0173. The van der Waals surface area contributed by atoms with Crippen LogP contribution in [0.1, 0.15) is 40.5 Å². The van der Waals surface area contributed by atoms with Crippen LogP contribution in [0.15, 0.2) is 52.4 Å². The predicted molar refractivity (Wildman–Crippen MR) is 137 cm³/mol. The summed E-state index contributed by atoms with van der Waals surface area (Å²) in [6.07, 6.45) is 1.67. The maximum Gasteiger partial charge on any atom is 0.348 e. The Balaban J connectivity index is 1.60. The van der Waals surface area contributed by atoms with Gasteiger partial charge in [-0.3, -0.25) is 4.79 Å². The van der Waals surface area contributed by atoms with Crippen molar-refractivity contribution in [2.75, 3.05) is 6.61 Å². The number of fused-ring (bicyclic) bond motifs is 4. The maximum absolute atomic E-state index is 13.3. The van der Waals surface area contributed by atoms with Crippen LogP contribution in [0.2, 0.25) is 0 Å². The molecule has 3 aromatic heterocycles. The molecule has 0 saturated carbocycles. The van der Waals surface area contributed by atoms with Crippen LogP contribution < -0.4 is 5.56 Å². The van der Waals surface area contributed by atoms with Crippen LogP contribution in [0.3, 0.4) is 0 Å². The molecule has 0 fully saturated rings. The smallest absolute Gasteiger partial charge is 0.348 e. The summed E-state index contributed by atoms with van der Waals surface area (Å²) in [4.78, 5) is 31.0. The third-order valence-electron chi connectivity index (χ3n) is 6.00. The second-order valence-electron chi connectivity index (χ2n) is 8.02. The highest BCUT2D eigenvalue weighted by Gasteiger charge is 2.21. The number of hydrogen-bond donors (Lipinski definition) is 0. The van der Waals surface area contributed by atoms with E-state index >= 15 is 0 Å². The summed E-state index contributed by atoms with van der Waals surface area (Å²) in [7, 11) is 0. The van der Waals surface area contributed by atoms with Gasteiger partial charge in [0.2, 0.25) is 0 Å². The van der Waals surface area contributed by atoms with Gasteiger partial charge in [0.1, 0.15) is 15.5 Å². The average Bonchev–Trinajstić information content (AvgIpc) is 3.33. The minimum absolute atomic E-state index is 0.273. The number of nitrogens with zero attached hydrogens (tertiary/aromatic N) is 4. The lowest BCUT2D eigenvalue weighted by Crippen LogP contribution is -2.20. The van der Waals surface area contributed by atoms with Crippen molar-refractivity contribution in [1.82, 2.24) is 14.2 Å². The van der Waals surface area contributed by atoms with Crippen LogP contribution in [-0.4, -0.2) is 33.0 Å². The highest BCUT2D eigenvalue weighted by Crippen LogP contribution is 2.30. The molecule has 0 N–H and O–H groups in total. The van der Waals surface area contributed by atoms with Crippen LogP contribution in [0, 0.1) is 13.8 Å². The van der Waals surface area contributed by atoms with Gasteiger partial charge in [-0.1, -0.05) is 24.3 Å². The highest BCUT2D eigenvalue weighted by atomic mass is 32.1. The van der Waals surface area contributed by atoms with Gasteiger partial charge in [-0.25, -0.2) is 9.78 Å². The van der Waals surface area contributed by atoms with E-state index in [0.29, 0.717) is 26.5 Å². The van der Waals surface area contributed by atoms with Crippen LogP contribution in [0.25, 0.3) is 32.0 Å². The number of thiophene rings is 1. The largest absolute Gasteiger partial charge is 0.462 e. The van der Waals surface area contributed by atoms with Gasteiger partial charge in [-0.15, -0.1) is 11.3 Å². The Labute approximate surface area is 199 Å². The van der Waals surface area contributed by atoms with Crippen LogP contribution in [0.4, 0.5) is 0 Å². The molecule has 0 bridgehead atoms. The molecule has 8 heteroatoms. The number of aryl methyl sites for hydroxylation is 3. The predicted octanol–water partition coefficient (Wildman–Crippen LogP) is 5.26. The molecule has 172 valence electrons. The fourth-order valence-corrected chi connectivity index (χ4v) is 5.53. The SMILES string of the molecule is CCOC(=O)c1sc2nc(C)n(/N=C\c3ccc4c(c3)c3ccccc3n4CC)c(=O)c2c1C. The molecule has 0 spiro atoms. The van der Waals surface area contributed by atoms with E-state index in [-0.39, 0.29) is 12.2 Å². The zero-order valence-corrected chi connectivity index (χ0v) is 20.3.